The van der Waals surface area contributed by atoms with E-state index in [2.05, 4.69) is 0 Å². The van der Waals surface area contributed by atoms with Gasteiger partial charge in [-0.1, -0.05) is 6.92 Å². The first-order valence-electron chi connectivity index (χ1n) is 1.71. The zero-order valence-corrected chi connectivity index (χ0v) is 3.51. The summed E-state index contributed by atoms with van der Waals surface area (Å²) in [5.41, 5.74) is 0. The normalized spacial score (nSPS) is 12.0. The maximum Gasteiger partial charge on any atom is 0.307 e. The fourth-order valence-electron chi connectivity index (χ4n) is 0. The van der Waals surface area contributed by atoms with Crippen molar-refractivity contribution in [3.05, 3.63) is 0 Å². The average molecular weight is 91.1 g/mol. The Morgan fingerprint density at radius 2 is 1.83 bits per heavy atom. The van der Waals surface area contributed by atoms with Gasteiger partial charge in [0.25, 0.3) is 0 Å². The van der Waals surface area contributed by atoms with Crippen molar-refractivity contribution in [2.45, 2.75) is 19.3 Å². The van der Waals surface area contributed by atoms with E-state index in [1.165, 1.54) is 6.92 Å². The van der Waals surface area contributed by atoms with Gasteiger partial charge in [0.2, 0.25) is 0 Å². The molecule has 0 fully saturated rings. The second kappa shape index (κ2) is 1.55. The molecule has 0 aliphatic heterocycles. The third-order valence-corrected chi connectivity index (χ3v) is 0.461. The zero-order chi connectivity index (χ0) is 5.21. The molecule has 0 unspecified atom stereocenters. The van der Waals surface area contributed by atoms with Crippen molar-refractivity contribution in [2.75, 3.05) is 0 Å². The molecular weight excluding hydrogens is 84.0 g/mol. The minimum absolute atomic E-state index is 0.174. The van der Waals surface area contributed by atoms with Gasteiger partial charge in [-0.15, -0.1) is 0 Å². The summed E-state index contributed by atoms with van der Waals surface area (Å²) in [4.78, 5) is 0. The van der Waals surface area contributed by atoms with E-state index in [-0.39, 0.29) is 6.42 Å². The zero-order valence-electron chi connectivity index (χ0n) is 3.51. The van der Waals surface area contributed by atoms with E-state index in [9.17, 15) is 5.11 Å². The molecule has 37 valence electrons. The molecule has 0 bridgehead atoms. The van der Waals surface area contributed by atoms with Crippen LogP contribution in [0.3, 0.4) is 0 Å². The molecule has 0 saturated carbocycles. The second-order valence-electron chi connectivity index (χ2n) is 1.10. The third kappa shape index (κ3) is 3.88. The van der Waals surface area contributed by atoms with E-state index < -0.39 is 5.97 Å². The minimum atomic E-state index is -2.71. The lowest BCUT2D eigenvalue weighted by Gasteiger charge is -2.04. The molecule has 0 aromatic heterocycles. The Hall–Kier alpha value is -0.120. The van der Waals surface area contributed by atoms with E-state index in [0.717, 1.165) is 0 Å². The molecule has 0 aliphatic carbocycles. The largest absolute Gasteiger partial charge is 0.342 e. The first kappa shape index (κ1) is 5.88. The molecule has 0 saturated heterocycles. The second-order valence-corrected chi connectivity index (χ2v) is 1.10. The van der Waals surface area contributed by atoms with E-state index in [0.29, 0.717) is 0 Å². The summed E-state index contributed by atoms with van der Waals surface area (Å²) in [6.07, 6.45) is -0.174. The summed E-state index contributed by atoms with van der Waals surface area (Å²) in [6.45, 7) is 1.40. The SMILES string of the molecule is CCC([O])(O)O. The summed E-state index contributed by atoms with van der Waals surface area (Å²) in [5, 5.41) is 25.2. The number of hydrogen-bond donors (Lipinski definition) is 2. The number of rotatable bonds is 1. The maximum absolute atomic E-state index is 9.58. The van der Waals surface area contributed by atoms with Crippen molar-refractivity contribution >= 4 is 0 Å². The van der Waals surface area contributed by atoms with Crippen molar-refractivity contribution in [3.8, 4) is 0 Å². The molecule has 0 aromatic carbocycles. The van der Waals surface area contributed by atoms with Crippen LogP contribution in [0.1, 0.15) is 13.3 Å². The molecule has 0 aromatic rings. The first-order chi connectivity index (χ1) is 2.56. The van der Waals surface area contributed by atoms with Crippen LogP contribution in [0.25, 0.3) is 0 Å². The predicted molar refractivity (Wildman–Crippen MR) is 18.1 cm³/mol. The summed E-state index contributed by atoms with van der Waals surface area (Å²) < 4.78 is 0. The van der Waals surface area contributed by atoms with Crippen LogP contribution in [0.4, 0.5) is 0 Å². The van der Waals surface area contributed by atoms with Gasteiger partial charge in [0.05, 0.1) is 0 Å². The molecule has 1 radical (unpaired) electrons. The highest BCUT2D eigenvalue weighted by atomic mass is 16.7. The van der Waals surface area contributed by atoms with Gasteiger partial charge in [0.1, 0.15) is 0 Å². The maximum atomic E-state index is 9.58. The lowest BCUT2D eigenvalue weighted by atomic mass is 10.4. The molecule has 0 heterocycles. The smallest absolute Gasteiger partial charge is 0.307 e. The van der Waals surface area contributed by atoms with Gasteiger partial charge in [-0.25, -0.2) is 0 Å². The number of hydrogen-bond acceptors (Lipinski definition) is 2. The quantitative estimate of drug-likeness (QED) is 0.426. The van der Waals surface area contributed by atoms with Crippen molar-refractivity contribution in [1.29, 1.82) is 0 Å². The van der Waals surface area contributed by atoms with Crippen LogP contribution < -0.4 is 0 Å². The fourth-order valence-corrected chi connectivity index (χ4v) is 0. The molecule has 0 amide bonds. The van der Waals surface area contributed by atoms with Gasteiger partial charge in [-0.2, -0.15) is 5.11 Å². The van der Waals surface area contributed by atoms with Gasteiger partial charge < -0.3 is 10.2 Å². The highest BCUT2D eigenvalue weighted by Crippen LogP contribution is 1.96. The highest BCUT2D eigenvalue weighted by molar-refractivity contribution is 4.35. The minimum Gasteiger partial charge on any atom is -0.342 e. The summed E-state index contributed by atoms with van der Waals surface area (Å²) in [6, 6.07) is 0. The Kier molecular flexibility index (Phi) is 1.52. The summed E-state index contributed by atoms with van der Waals surface area (Å²) in [7, 11) is 0. The lowest BCUT2D eigenvalue weighted by molar-refractivity contribution is -0.345. The van der Waals surface area contributed by atoms with Gasteiger partial charge >= 0.3 is 5.97 Å². The van der Waals surface area contributed by atoms with E-state index in [1.807, 2.05) is 0 Å². The Morgan fingerprint density at radius 1 is 1.67 bits per heavy atom. The van der Waals surface area contributed by atoms with E-state index in [1.54, 1.807) is 0 Å². The first-order valence-corrected chi connectivity index (χ1v) is 1.71. The number of aliphatic hydroxyl groups is 2. The third-order valence-electron chi connectivity index (χ3n) is 0.461. The molecule has 0 spiro atoms. The Labute approximate surface area is 35.9 Å². The summed E-state index contributed by atoms with van der Waals surface area (Å²) >= 11 is 0. The van der Waals surface area contributed by atoms with Crippen molar-refractivity contribution in [2.24, 2.45) is 0 Å². The fraction of sp³-hybridized carbons (Fsp3) is 1.00. The van der Waals surface area contributed by atoms with E-state index >= 15 is 0 Å². The van der Waals surface area contributed by atoms with Crippen LogP contribution >= 0.6 is 0 Å². The van der Waals surface area contributed by atoms with Crippen molar-refractivity contribution in [3.63, 3.8) is 0 Å². The van der Waals surface area contributed by atoms with Crippen molar-refractivity contribution in [1.82, 2.24) is 0 Å². The van der Waals surface area contributed by atoms with Crippen LogP contribution in [-0.2, 0) is 5.11 Å². The molecule has 0 aliphatic rings. The molecule has 3 heteroatoms. The van der Waals surface area contributed by atoms with Crippen LogP contribution in [0.15, 0.2) is 0 Å². The van der Waals surface area contributed by atoms with Gasteiger partial charge in [-0.3, -0.25) is 0 Å². The molecule has 2 N–H and O–H groups in total. The molecular formula is C3H7O3. The lowest BCUT2D eigenvalue weighted by Crippen LogP contribution is -2.22. The standard InChI is InChI=1S/C3H7O3/c1-2-3(4,5)6/h4-5H,2H2,1H3. The van der Waals surface area contributed by atoms with Gasteiger partial charge in [0, 0.05) is 6.42 Å². The van der Waals surface area contributed by atoms with Crippen LogP contribution in [0, 0.1) is 0 Å². The van der Waals surface area contributed by atoms with Gasteiger partial charge in [0.15, 0.2) is 0 Å². The highest BCUT2D eigenvalue weighted by Gasteiger charge is 2.15. The van der Waals surface area contributed by atoms with Crippen LogP contribution in [0.2, 0.25) is 0 Å². The van der Waals surface area contributed by atoms with Crippen LogP contribution in [-0.4, -0.2) is 16.2 Å². The van der Waals surface area contributed by atoms with Crippen LogP contribution in [0.5, 0.6) is 0 Å². The average Bonchev–Trinajstić information content (AvgIpc) is 1.35. The Bertz CT molecular complexity index is 35.8. The van der Waals surface area contributed by atoms with Crippen molar-refractivity contribution < 1.29 is 15.3 Å². The molecule has 0 atom stereocenters. The van der Waals surface area contributed by atoms with E-state index in [4.69, 9.17) is 10.2 Å². The Balaban J connectivity index is 3.17. The topological polar surface area (TPSA) is 60.4 Å². The Morgan fingerprint density at radius 3 is 1.83 bits per heavy atom. The molecule has 0 rings (SSSR count). The monoisotopic (exact) mass is 91.0 g/mol. The molecule has 6 heavy (non-hydrogen) atoms. The predicted octanol–water partition coefficient (Wildman–Crippen LogP) is -0.535. The van der Waals surface area contributed by atoms with Gasteiger partial charge in [-0.05, 0) is 0 Å². The summed E-state index contributed by atoms with van der Waals surface area (Å²) in [5.74, 6) is -2.71. The molecule has 3 nitrogen and oxygen atoms in total.